The summed E-state index contributed by atoms with van der Waals surface area (Å²) in [6, 6.07) is 9.64. The summed E-state index contributed by atoms with van der Waals surface area (Å²) in [7, 11) is 6.64. The zero-order valence-electron chi connectivity index (χ0n) is 12.3. The summed E-state index contributed by atoms with van der Waals surface area (Å²) >= 11 is 2.36. The normalized spacial score (nSPS) is 23.6. The van der Waals surface area contributed by atoms with Gasteiger partial charge in [0.15, 0.2) is 0 Å². The third-order valence-corrected chi connectivity index (χ3v) is 5.07. The number of hydrogen-bond acceptors (Lipinski definition) is 2. The molecule has 1 aromatic carbocycles. The molecule has 0 radical (unpaired) electrons. The maximum absolute atomic E-state index is 2.41. The first-order valence-electron chi connectivity index (χ1n) is 7.19. The summed E-state index contributed by atoms with van der Waals surface area (Å²) in [4.78, 5) is 4.80. The minimum atomic E-state index is 0.805. The highest BCUT2D eigenvalue weighted by Crippen LogP contribution is 2.28. The van der Waals surface area contributed by atoms with Gasteiger partial charge in [-0.25, -0.2) is 0 Å². The molecular formula is C16H25IN2. The fourth-order valence-corrected chi connectivity index (χ4v) is 3.39. The van der Waals surface area contributed by atoms with Crippen LogP contribution in [-0.2, 0) is 0 Å². The molecule has 1 aromatic rings. The van der Waals surface area contributed by atoms with Crippen LogP contribution in [-0.4, -0.2) is 38.6 Å². The lowest BCUT2D eigenvalue weighted by Crippen LogP contribution is -2.35. The summed E-state index contributed by atoms with van der Waals surface area (Å²) in [5, 5.41) is 0. The van der Waals surface area contributed by atoms with E-state index in [9.17, 15) is 0 Å². The number of benzene rings is 1. The smallest absolute Gasteiger partial charge is 0.0364 e. The average molecular weight is 372 g/mol. The van der Waals surface area contributed by atoms with E-state index in [1.54, 1.807) is 0 Å². The zero-order valence-corrected chi connectivity index (χ0v) is 14.4. The van der Waals surface area contributed by atoms with Crippen LogP contribution in [0.4, 0.5) is 5.69 Å². The van der Waals surface area contributed by atoms with Crippen molar-refractivity contribution in [2.75, 3.05) is 32.6 Å². The Morgan fingerprint density at radius 1 is 1.00 bits per heavy atom. The van der Waals surface area contributed by atoms with E-state index >= 15 is 0 Å². The largest absolute Gasteiger partial charge is 0.374 e. The highest BCUT2D eigenvalue weighted by molar-refractivity contribution is 14.1. The molecule has 106 valence electrons. The molecule has 2 nitrogen and oxygen atoms in total. The molecule has 0 saturated heterocycles. The van der Waals surface area contributed by atoms with Gasteiger partial charge in [0.05, 0.1) is 0 Å². The van der Waals surface area contributed by atoms with E-state index in [2.05, 4.69) is 77.8 Å². The van der Waals surface area contributed by atoms with Crippen LogP contribution >= 0.6 is 22.6 Å². The van der Waals surface area contributed by atoms with Crippen molar-refractivity contribution in [2.24, 2.45) is 5.92 Å². The quantitative estimate of drug-likeness (QED) is 0.741. The van der Waals surface area contributed by atoms with Crippen LogP contribution in [0.15, 0.2) is 24.3 Å². The molecule has 2 rings (SSSR count). The second-order valence-corrected chi connectivity index (χ2v) is 7.24. The molecule has 0 N–H and O–H groups in total. The number of anilines is 1. The van der Waals surface area contributed by atoms with Crippen LogP contribution in [0.5, 0.6) is 0 Å². The maximum atomic E-state index is 2.41. The van der Waals surface area contributed by atoms with E-state index in [0.717, 1.165) is 12.0 Å². The summed E-state index contributed by atoms with van der Waals surface area (Å²) in [6.45, 7) is 1.20. The van der Waals surface area contributed by atoms with Crippen molar-refractivity contribution in [3.05, 3.63) is 27.8 Å². The molecular weight excluding hydrogens is 347 g/mol. The Bertz CT molecular complexity index is 380. The Labute approximate surface area is 131 Å². The Morgan fingerprint density at radius 3 is 2.11 bits per heavy atom. The van der Waals surface area contributed by atoms with Gasteiger partial charge in [0, 0.05) is 28.9 Å². The van der Waals surface area contributed by atoms with Crippen molar-refractivity contribution in [2.45, 2.75) is 31.7 Å². The lowest BCUT2D eigenvalue weighted by molar-refractivity contribution is 0.195. The molecule has 0 unspecified atom stereocenters. The minimum Gasteiger partial charge on any atom is -0.374 e. The van der Waals surface area contributed by atoms with Gasteiger partial charge in [-0.3, -0.25) is 0 Å². The first-order chi connectivity index (χ1) is 9.06. The van der Waals surface area contributed by atoms with Gasteiger partial charge in [0.2, 0.25) is 0 Å². The number of nitrogens with zero attached hydrogens (tertiary/aromatic N) is 2. The van der Waals surface area contributed by atoms with Crippen LogP contribution in [0.25, 0.3) is 0 Å². The summed E-state index contributed by atoms with van der Waals surface area (Å²) in [5.74, 6) is 0.862. The van der Waals surface area contributed by atoms with Gasteiger partial charge in [0.25, 0.3) is 0 Å². The van der Waals surface area contributed by atoms with Crippen molar-refractivity contribution in [3.8, 4) is 0 Å². The molecule has 0 heterocycles. The van der Waals surface area contributed by atoms with Crippen molar-refractivity contribution in [1.29, 1.82) is 0 Å². The maximum Gasteiger partial charge on any atom is 0.0364 e. The van der Waals surface area contributed by atoms with E-state index in [0.29, 0.717) is 0 Å². The van der Waals surface area contributed by atoms with Gasteiger partial charge >= 0.3 is 0 Å². The molecule has 1 fully saturated rings. The lowest BCUT2D eigenvalue weighted by Gasteiger charge is -2.34. The Hall–Kier alpha value is -0.290. The Morgan fingerprint density at radius 2 is 1.58 bits per heavy atom. The van der Waals surface area contributed by atoms with Gasteiger partial charge < -0.3 is 9.80 Å². The fraction of sp³-hybridized carbons (Fsp3) is 0.625. The molecule has 1 aliphatic rings. The van der Waals surface area contributed by atoms with Crippen molar-refractivity contribution < 1.29 is 0 Å². The molecule has 0 aliphatic heterocycles. The molecule has 0 bridgehead atoms. The third kappa shape index (κ3) is 4.35. The van der Waals surface area contributed by atoms with Crippen molar-refractivity contribution in [1.82, 2.24) is 4.90 Å². The van der Waals surface area contributed by atoms with Crippen LogP contribution in [0.3, 0.4) is 0 Å². The monoisotopic (exact) mass is 372 g/mol. The van der Waals surface area contributed by atoms with Gasteiger partial charge in [0.1, 0.15) is 0 Å². The van der Waals surface area contributed by atoms with E-state index in [1.165, 1.54) is 41.5 Å². The molecule has 3 heteroatoms. The zero-order chi connectivity index (χ0) is 13.8. The van der Waals surface area contributed by atoms with E-state index in [-0.39, 0.29) is 0 Å². The first kappa shape index (κ1) is 15.1. The second-order valence-electron chi connectivity index (χ2n) is 6.00. The first-order valence-corrected chi connectivity index (χ1v) is 8.27. The number of halogens is 1. The highest BCUT2D eigenvalue weighted by Gasteiger charge is 2.23. The van der Waals surface area contributed by atoms with E-state index < -0.39 is 0 Å². The fourth-order valence-electron chi connectivity index (χ4n) is 3.03. The van der Waals surface area contributed by atoms with Crippen molar-refractivity contribution in [3.63, 3.8) is 0 Å². The molecule has 0 atom stereocenters. The molecule has 0 amide bonds. The molecule has 1 aliphatic carbocycles. The van der Waals surface area contributed by atoms with Gasteiger partial charge in [-0.15, -0.1) is 0 Å². The number of hydrogen-bond donors (Lipinski definition) is 0. The standard InChI is InChI=1S/C16H25IN2/c1-18(2)15-8-4-13(5-9-15)12-19(3)16-10-6-14(17)7-11-16/h6-7,10-11,13,15H,4-5,8-9,12H2,1-3H3. The molecule has 0 aromatic heterocycles. The van der Waals surface area contributed by atoms with Crippen LogP contribution in [0.2, 0.25) is 0 Å². The predicted octanol–water partition coefficient (Wildman–Crippen LogP) is 3.85. The summed E-state index contributed by atoms with van der Waals surface area (Å²) in [5.41, 5.74) is 1.34. The SMILES string of the molecule is CN(CC1CCC(N(C)C)CC1)c1ccc(I)cc1. The van der Waals surface area contributed by atoms with Gasteiger partial charge in [-0.1, -0.05) is 0 Å². The molecule has 0 spiro atoms. The Balaban J connectivity index is 1.83. The summed E-state index contributed by atoms with van der Waals surface area (Å²) < 4.78 is 1.31. The van der Waals surface area contributed by atoms with Crippen LogP contribution in [0.1, 0.15) is 25.7 Å². The van der Waals surface area contributed by atoms with Crippen LogP contribution in [0, 0.1) is 9.49 Å². The minimum absolute atomic E-state index is 0.805. The lowest BCUT2D eigenvalue weighted by atomic mass is 9.85. The molecule has 1 saturated carbocycles. The Kier molecular flexibility index (Phi) is 5.51. The van der Waals surface area contributed by atoms with Gasteiger partial charge in [-0.05, 0) is 92.6 Å². The van der Waals surface area contributed by atoms with E-state index in [4.69, 9.17) is 0 Å². The van der Waals surface area contributed by atoms with E-state index in [1.807, 2.05) is 0 Å². The van der Waals surface area contributed by atoms with Gasteiger partial charge in [-0.2, -0.15) is 0 Å². The van der Waals surface area contributed by atoms with Crippen molar-refractivity contribution >= 4 is 28.3 Å². The predicted molar refractivity (Wildman–Crippen MR) is 91.9 cm³/mol. The average Bonchev–Trinajstić information content (AvgIpc) is 2.40. The number of rotatable bonds is 4. The highest BCUT2D eigenvalue weighted by atomic mass is 127. The topological polar surface area (TPSA) is 6.48 Å². The van der Waals surface area contributed by atoms with Crippen LogP contribution < -0.4 is 4.90 Å². The molecule has 19 heavy (non-hydrogen) atoms. The summed E-state index contributed by atoms with van der Waals surface area (Å²) in [6.07, 6.45) is 5.46. The second kappa shape index (κ2) is 6.93. The third-order valence-electron chi connectivity index (χ3n) is 4.35.